The SMILES string of the molecule is CCCCCCC(=O)Nc1ccc(NC(=O)C(C)C)cc1. The summed E-state index contributed by atoms with van der Waals surface area (Å²) >= 11 is 0. The van der Waals surface area contributed by atoms with Crippen LogP contribution in [-0.4, -0.2) is 11.8 Å². The van der Waals surface area contributed by atoms with Gasteiger partial charge in [0.25, 0.3) is 0 Å². The molecule has 2 amide bonds. The number of anilines is 2. The highest BCUT2D eigenvalue weighted by Crippen LogP contribution is 2.15. The highest BCUT2D eigenvalue weighted by Gasteiger charge is 2.07. The molecular weight excluding hydrogens is 264 g/mol. The van der Waals surface area contributed by atoms with Crippen molar-refractivity contribution in [2.24, 2.45) is 5.92 Å². The fourth-order valence-electron chi connectivity index (χ4n) is 1.86. The molecule has 0 spiro atoms. The van der Waals surface area contributed by atoms with Gasteiger partial charge in [-0.1, -0.05) is 40.0 Å². The molecule has 0 saturated heterocycles. The summed E-state index contributed by atoms with van der Waals surface area (Å²) in [4.78, 5) is 23.3. The van der Waals surface area contributed by atoms with Crippen molar-refractivity contribution in [2.75, 3.05) is 10.6 Å². The van der Waals surface area contributed by atoms with Gasteiger partial charge in [-0.15, -0.1) is 0 Å². The lowest BCUT2D eigenvalue weighted by molar-refractivity contribution is -0.119. The van der Waals surface area contributed by atoms with Gasteiger partial charge in [-0.25, -0.2) is 0 Å². The Morgan fingerprint density at radius 2 is 1.52 bits per heavy atom. The van der Waals surface area contributed by atoms with E-state index in [0.717, 1.165) is 24.2 Å². The van der Waals surface area contributed by atoms with Crippen LogP contribution in [0.15, 0.2) is 24.3 Å². The Bertz CT molecular complexity index is 452. The molecule has 0 radical (unpaired) electrons. The minimum Gasteiger partial charge on any atom is -0.326 e. The van der Waals surface area contributed by atoms with Crippen LogP contribution in [0.3, 0.4) is 0 Å². The monoisotopic (exact) mass is 290 g/mol. The Labute approximate surface area is 127 Å². The number of hydrogen-bond acceptors (Lipinski definition) is 2. The van der Waals surface area contributed by atoms with E-state index >= 15 is 0 Å². The summed E-state index contributed by atoms with van der Waals surface area (Å²) < 4.78 is 0. The second-order valence-corrected chi connectivity index (χ2v) is 5.58. The summed E-state index contributed by atoms with van der Waals surface area (Å²) in [5.74, 6) is -0.0136. The average molecular weight is 290 g/mol. The Kier molecular flexibility index (Phi) is 7.51. The van der Waals surface area contributed by atoms with Gasteiger partial charge in [0.1, 0.15) is 0 Å². The Hall–Kier alpha value is -1.84. The first-order valence-electron chi connectivity index (χ1n) is 7.73. The summed E-state index contributed by atoms with van der Waals surface area (Å²) in [6.45, 7) is 5.85. The fourth-order valence-corrected chi connectivity index (χ4v) is 1.86. The number of rotatable bonds is 8. The van der Waals surface area contributed by atoms with Crippen molar-refractivity contribution < 1.29 is 9.59 Å². The normalized spacial score (nSPS) is 10.5. The number of hydrogen-bond donors (Lipinski definition) is 2. The van der Waals surface area contributed by atoms with Gasteiger partial charge in [-0.05, 0) is 30.7 Å². The molecule has 0 aliphatic carbocycles. The minimum absolute atomic E-state index is 0.0114. The predicted octanol–water partition coefficient (Wildman–Crippen LogP) is 4.19. The molecule has 1 aromatic carbocycles. The number of carbonyl (C=O) groups is 2. The Morgan fingerprint density at radius 1 is 0.952 bits per heavy atom. The van der Waals surface area contributed by atoms with Crippen molar-refractivity contribution in [1.82, 2.24) is 0 Å². The Morgan fingerprint density at radius 3 is 2.05 bits per heavy atom. The van der Waals surface area contributed by atoms with Crippen LogP contribution in [0.25, 0.3) is 0 Å². The average Bonchev–Trinajstić information content (AvgIpc) is 2.45. The predicted molar refractivity (Wildman–Crippen MR) is 87.3 cm³/mol. The van der Waals surface area contributed by atoms with Gasteiger partial charge in [0.15, 0.2) is 0 Å². The third kappa shape index (κ3) is 6.93. The number of nitrogens with one attached hydrogen (secondary N) is 2. The highest BCUT2D eigenvalue weighted by molar-refractivity contribution is 5.93. The van der Waals surface area contributed by atoms with Gasteiger partial charge in [-0.2, -0.15) is 0 Å². The molecule has 4 nitrogen and oxygen atoms in total. The molecule has 0 saturated carbocycles. The van der Waals surface area contributed by atoms with Gasteiger partial charge in [0.05, 0.1) is 0 Å². The molecule has 21 heavy (non-hydrogen) atoms. The lowest BCUT2D eigenvalue weighted by Crippen LogP contribution is -2.17. The molecule has 0 aliphatic heterocycles. The van der Waals surface area contributed by atoms with Gasteiger partial charge in [0.2, 0.25) is 11.8 Å². The smallest absolute Gasteiger partial charge is 0.226 e. The summed E-state index contributed by atoms with van der Waals surface area (Å²) in [6.07, 6.45) is 4.95. The van der Waals surface area contributed by atoms with Crippen molar-refractivity contribution in [3.8, 4) is 0 Å². The summed E-state index contributed by atoms with van der Waals surface area (Å²) in [6, 6.07) is 7.21. The zero-order valence-electron chi connectivity index (χ0n) is 13.2. The first-order chi connectivity index (χ1) is 10.0. The quantitative estimate of drug-likeness (QED) is 0.705. The minimum atomic E-state index is -0.0486. The van der Waals surface area contributed by atoms with Crippen molar-refractivity contribution in [1.29, 1.82) is 0 Å². The number of carbonyl (C=O) groups excluding carboxylic acids is 2. The molecule has 1 rings (SSSR count). The summed E-state index contributed by atoms with van der Waals surface area (Å²) in [5.41, 5.74) is 1.51. The molecule has 2 N–H and O–H groups in total. The molecule has 0 atom stereocenters. The van der Waals surface area contributed by atoms with Crippen LogP contribution in [0, 0.1) is 5.92 Å². The molecule has 0 heterocycles. The van der Waals surface area contributed by atoms with E-state index < -0.39 is 0 Å². The maximum absolute atomic E-state index is 11.7. The second kappa shape index (κ2) is 9.16. The standard InChI is InChI=1S/C17H26N2O2/c1-4-5-6-7-8-16(20)18-14-9-11-15(12-10-14)19-17(21)13(2)3/h9-13H,4-8H2,1-3H3,(H,18,20)(H,19,21). The van der Waals surface area contributed by atoms with E-state index in [2.05, 4.69) is 17.6 Å². The lowest BCUT2D eigenvalue weighted by atomic mass is 10.1. The molecule has 116 valence electrons. The zero-order valence-corrected chi connectivity index (χ0v) is 13.2. The van der Waals surface area contributed by atoms with Crippen molar-refractivity contribution in [2.45, 2.75) is 52.9 Å². The summed E-state index contributed by atoms with van der Waals surface area (Å²) in [5, 5.41) is 5.69. The van der Waals surface area contributed by atoms with Crippen LogP contribution in [0.5, 0.6) is 0 Å². The number of unbranched alkanes of at least 4 members (excludes halogenated alkanes) is 3. The van der Waals surface area contributed by atoms with E-state index in [1.807, 2.05) is 13.8 Å². The molecule has 0 fully saturated rings. The molecule has 1 aromatic rings. The second-order valence-electron chi connectivity index (χ2n) is 5.58. The lowest BCUT2D eigenvalue weighted by Gasteiger charge is -2.09. The van der Waals surface area contributed by atoms with E-state index in [1.165, 1.54) is 12.8 Å². The van der Waals surface area contributed by atoms with Crippen LogP contribution >= 0.6 is 0 Å². The van der Waals surface area contributed by atoms with Gasteiger partial charge >= 0.3 is 0 Å². The molecular formula is C17H26N2O2. The highest BCUT2D eigenvalue weighted by atomic mass is 16.2. The van der Waals surface area contributed by atoms with Crippen molar-refractivity contribution in [3.05, 3.63) is 24.3 Å². The first-order valence-corrected chi connectivity index (χ1v) is 7.73. The van der Waals surface area contributed by atoms with Gasteiger partial charge in [0, 0.05) is 23.7 Å². The number of amides is 2. The number of benzene rings is 1. The maximum Gasteiger partial charge on any atom is 0.226 e. The van der Waals surface area contributed by atoms with Gasteiger partial charge < -0.3 is 10.6 Å². The molecule has 0 aliphatic rings. The van der Waals surface area contributed by atoms with Crippen molar-refractivity contribution >= 4 is 23.2 Å². The Balaban J connectivity index is 2.40. The van der Waals surface area contributed by atoms with Crippen LogP contribution < -0.4 is 10.6 Å². The van der Waals surface area contributed by atoms with Crippen molar-refractivity contribution in [3.63, 3.8) is 0 Å². The maximum atomic E-state index is 11.7. The molecule has 0 bridgehead atoms. The molecule has 0 aromatic heterocycles. The zero-order chi connectivity index (χ0) is 15.7. The fraction of sp³-hybridized carbons (Fsp3) is 0.529. The van der Waals surface area contributed by atoms with E-state index in [9.17, 15) is 9.59 Å². The third-order valence-electron chi connectivity index (χ3n) is 3.22. The van der Waals surface area contributed by atoms with Crippen LogP contribution in [-0.2, 0) is 9.59 Å². The van der Waals surface area contributed by atoms with E-state index in [-0.39, 0.29) is 17.7 Å². The van der Waals surface area contributed by atoms with Crippen LogP contribution in [0.1, 0.15) is 52.9 Å². The van der Waals surface area contributed by atoms with E-state index in [1.54, 1.807) is 24.3 Å². The summed E-state index contributed by atoms with van der Waals surface area (Å²) in [7, 11) is 0. The van der Waals surface area contributed by atoms with Crippen LogP contribution in [0.4, 0.5) is 11.4 Å². The molecule has 4 heteroatoms. The van der Waals surface area contributed by atoms with E-state index in [0.29, 0.717) is 6.42 Å². The van der Waals surface area contributed by atoms with E-state index in [4.69, 9.17) is 0 Å². The van der Waals surface area contributed by atoms with Gasteiger partial charge in [-0.3, -0.25) is 9.59 Å². The van der Waals surface area contributed by atoms with Crippen LogP contribution in [0.2, 0.25) is 0 Å². The largest absolute Gasteiger partial charge is 0.326 e. The third-order valence-corrected chi connectivity index (χ3v) is 3.22. The topological polar surface area (TPSA) is 58.2 Å². The first kappa shape index (κ1) is 17.2. The molecule has 0 unspecified atom stereocenters.